The van der Waals surface area contributed by atoms with Crippen LogP contribution in [0.15, 0.2) is 36.7 Å². The summed E-state index contributed by atoms with van der Waals surface area (Å²) in [7, 11) is 0. The van der Waals surface area contributed by atoms with Gasteiger partial charge in [0.2, 0.25) is 0 Å². The first kappa shape index (κ1) is 12.5. The minimum absolute atomic E-state index is 0.415. The molecule has 0 fully saturated rings. The Morgan fingerprint density at radius 2 is 1.94 bits per heavy atom. The fourth-order valence-electron chi connectivity index (χ4n) is 1.29. The summed E-state index contributed by atoms with van der Waals surface area (Å²) < 4.78 is 5.57. The third-order valence-electron chi connectivity index (χ3n) is 2.06. The van der Waals surface area contributed by atoms with Gasteiger partial charge in [0.15, 0.2) is 0 Å². The zero-order chi connectivity index (χ0) is 12.3. The average Bonchev–Trinajstić information content (AvgIpc) is 2.32. The highest BCUT2D eigenvalue weighted by molar-refractivity contribution is 6.32. The lowest BCUT2D eigenvalue weighted by molar-refractivity contribution is 0.480. The number of benzene rings is 1. The first-order valence-electron chi connectivity index (χ1n) is 4.82. The smallest absolute Gasteiger partial charge is 0.147 e. The highest BCUT2D eigenvalue weighted by atomic mass is 35.5. The van der Waals surface area contributed by atoms with E-state index < -0.39 is 0 Å². The summed E-state index contributed by atoms with van der Waals surface area (Å²) in [6.07, 6.45) is 3.10. The molecule has 0 aliphatic carbocycles. The molecular formula is C12H8Cl3NO. The van der Waals surface area contributed by atoms with Crippen molar-refractivity contribution in [2.24, 2.45) is 0 Å². The van der Waals surface area contributed by atoms with E-state index in [0.717, 1.165) is 5.56 Å². The Morgan fingerprint density at radius 1 is 1.12 bits per heavy atom. The number of rotatable bonds is 3. The van der Waals surface area contributed by atoms with Crippen LogP contribution in [0.1, 0.15) is 5.56 Å². The molecule has 0 unspecified atom stereocenters. The largest absolute Gasteiger partial charge is 0.454 e. The molecule has 1 aromatic carbocycles. The number of alkyl halides is 1. The molecule has 2 nitrogen and oxygen atoms in total. The molecule has 0 N–H and O–H groups in total. The Balaban J connectivity index is 2.24. The summed E-state index contributed by atoms with van der Waals surface area (Å²) in [6, 6.07) is 7.05. The van der Waals surface area contributed by atoms with Crippen LogP contribution >= 0.6 is 34.8 Å². The molecule has 17 heavy (non-hydrogen) atoms. The second-order valence-electron chi connectivity index (χ2n) is 3.34. The van der Waals surface area contributed by atoms with E-state index in [1.165, 1.54) is 6.20 Å². The predicted octanol–water partition coefficient (Wildman–Crippen LogP) is 4.92. The fourth-order valence-corrected chi connectivity index (χ4v) is 1.86. The molecule has 5 heteroatoms. The van der Waals surface area contributed by atoms with Crippen molar-refractivity contribution in [2.45, 2.75) is 5.88 Å². The van der Waals surface area contributed by atoms with E-state index in [1.807, 2.05) is 6.07 Å². The Labute approximate surface area is 114 Å². The maximum atomic E-state index is 6.06. The van der Waals surface area contributed by atoms with Crippen LogP contribution in [-0.4, -0.2) is 4.98 Å². The van der Waals surface area contributed by atoms with Gasteiger partial charge in [-0.15, -0.1) is 11.6 Å². The number of hydrogen-bond donors (Lipinski definition) is 0. The number of nitrogens with zero attached hydrogens (tertiary/aromatic N) is 1. The van der Waals surface area contributed by atoms with Crippen molar-refractivity contribution in [3.05, 3.63) is 52.3 Å². The number of hydrogen-bond acceptors (Lipinski definition) is 2. The molecule has 0 aliphatic heterocycles. The number of ether oxygens (including phenoxy) is 1. The SMILES string of the molecule is ClCc1ccc(Oc2cncc(Cl)c2)c(Cl)c1. The lowest BCUT2D eigenvalue weighted by Crippen LogP contribution is -1.87. The number of halogens is 3. The maximum absolute atomic E-state index is 6.06. The summed E-state index contributed by atoms with van der Waals surface area (Å²) >= 11 is 17.6. The summed E-state index contributed by atoms with van der Waals surface area (Å²) in [4.78, 5) is 3.92. The van der Waals surface area contributed by atoms with E-state index in [1.54, 1.807) is 24.4 Å². The van der Waals surface area contributed by atoms with Crippen LogP contribution in [0.3, 0.4) is 0 Å². The highest BCUT2D eigenvalue weighted by Crippen LogP contribution is 2.30. The third-order valence-corrected chi connectivity index (χ3v) is 2.87. The average molecular weight is 289 g/mol. The third kappa shape index (κ3) is 3.25. The van der Waals surface area contributed by atoms with E-state index in [-0.39, 0.29) is 0 Å². The minimum atomic E-state index is 0.415. The van der Waals surface area contributed by atoms with Crippen LogP contribution in [0.4, 0.5) is 0 Å². The molecule has 2 rings (SSSR count). The van der Waals surface area contributed by atoms with Gasteiger partial charge in [0.05, 0.1) is 16.2 Å². The zero-order valence-electron chi connectivity index (χ0n) is 8.66. The summed E-state index contributed by atoms with van der Waals surface area (Å²) in [6.45, 7) is 0. The van der Waals surface area contributed by atoms with Gasteiger partial charge in [0, 0.05) is 18.1 Å². The summed E-state index contributed by atoms with van der Waals surface area (Å²) in [5.74, 6) is 1.50. The number of pyridine rings is 1. The maximum Gasteiger partial charge on any atom is 0.147 e. The predicted molar refractivity (Wildman–Crippen MR) is 70.3 cm³/mol. The van der Waals surface area contributed by atoms with E-state index in [2.05, 4.69) is 4.98 Å². The van der Waals surface area contributed by atoms with Crippen LogP contribution in [0.5, 0.6) is 11.5 Å². The van der Waals surface area contributed by atoms with E-state index >= 15 is 0 Å². The van der Waals surface area contributed by atoms with Crippen molar-refractivity contribution >= 4 is 34.8 Å². The van der Waals surface area contributed by atoms with Crippen LogP contribution in [0.25, 0.3) is 0 Å². The van der Waals surface area contributed by atoms with Crippen molar-refractivity contribution < 1.29 is 4.74 Å². The quantitative estimate of drug-likeness (QED) is 0.748. The van der Waals surface area contributed by atoms with Crippen molar-refractivity contribution in [3.8, 4) is 11.5 Å². The Hall–Kier alpha value is -0.960. The molecule has 0 aliphatic rings. The van der Waals surface area contributed by atoms with Gasteiger partial charge >= 0.3 is 0 Å². The molecule has 0 spiro atoms. The van der Waals surface area contributed by atoms with E-state index in [9.17, 15) is 0 Å². The topological polar surface area (TPSA) is 22.1 Å². The van der Waals surface area contributed by atoms with Gasteiger partial charge in [-0.3, -0.25) is 4.98 Å². The fraction of sp³-hybridized carbons (Fsp3) is 0.0833. The lowest BCUT2D eigenvalue weighted by atomic mass is 10.2. The monoisotopic (exact) mass is 287 g/mol. The first-order chi connectivity index (χ1) is 8.19. The molecule has 0 radical (unpaired) electrons. The highest BCUT2D eigenvalue weighted by Gasteiger charge is 2.05. The molecule has 88 valence electrons. The van der Waals surface area contributed by atoms with Crippen LogP contribution in [-0.2, 0) is 5.88 Å². The second-order valence-corrected chi connectivity index (χ2v) is 4.45. The van der Waals surface area contributed by atoms with Crippen molar-refractivity contribution in [2.75, 3.05) is 0 Å². The van der Waals surface area contributed by atoms with Gasteiger partial charge in [0.1, 0.15) is 11.5 Å². The van der Waals surface area contributed by atoms with Crippen molar-refractivity contribution in [1.82, 2.24) is 4.98 Å². The van der Waals surface area contributed by atoms with Gasteiger partial charge in [-0.1, -0.05) is 29.3 Å². The Bertz CT molecular complexity index is 531. The molecule has 0 bridgehead atoms. The second kappa shape index (κ2) is 5.58. The number of aromatic nitrogens is 1. The van der Waals surface area contributed by atoms with E-state index in [0.29, 0.717) is 27.4 Å². The standard InChI is InChI=1S/C12H8Cl3NO/c13-5-8-1-2-12(11(15)3-8)17-10-4-9(14)6-16-7-10/h1-4,6-7H,5H2. The molecule has 1 aromatic heterocycles. The van der Waals surface area contributed by atoms with Gasteiger partial charge < -0.3 is 4.74 Å². The first-order valence-corrected chi connectivity index (χ1v) is 6.11. The van der Waals surface area contributed by atoms with Gasteiger partial charge in [-0.05, 0) is 17.7 Å². The Kier molecular flexibility index (Phi) is 4.11. The molecule has 0 amide bonds. The van der Waals surface area contributed by atoms with Crippen LogP contribution in [0.2, 0.25) is 10.0 Å². The van der Waals surface area contributed by atoms with E-state index in [4.69, 9.17) is 39.5 Å². The molecule has 0 saturated heterocycles. The van der Waals surface area contributed by atoms with Crippen molar-refractivity contribution in [3.63, 3.8) is 0 Å². The van der Waals surface area contributed by atoms with Crippen molar-refractivity contribution in [1.29, 1.82) is 0 Å². The normalized spacial score (nSPS) is 10.3. The molecule has 2 aromatic rings. The lowest BCUT2D eigenvalue weighted by Gasteiger charge is -2.08. The zero-order valence-corrected chi connectivity index (χ0v) is 10.9. The van der Waals surface area contributed by atoms with Gasteiger partial charge in [-0.2, -0.15) is 0 Å². The molecule has 0 atom stereocenters. The van der Waals surface area contributed by atoms with Gasteiger partial charge in [-0.25, -0.2) is 0 Å². The van der Waals surface area contributed by atoms with Gasteiger partial charge in [0.25, 0.3) is 0 Å². The molecular weight excluding hydrogens is 280 g/mol. The van der Waals surface area contributed by atoms with Crippen LogP contribution < -0.4 is 4.74 Å². The Morgan fingerprint density at radius 3 is 2.59 bits per heavy atom. The molecule has 0 saturated carbocycles. The van der Waals surface area contributed by atoms with Crippen LogP contribution in [0, 0.1) is 0 Å². The molecule has 1 heterocycles. The minimum Gasteiger partial charge on any atom is -0.454 e. The summed E-state index contributed by atoms with van der Waals surface area (Å²) in [5, 5.41) is 1.01. The summed E-state index contributed by atoms with van der Waals surface area (Å²) in [5.41, 5.74) is 0.938.